The van der Waals surface area contributed by atoms with Crippen LogP contribution in [0.15, 0.2) is 23.0 Å². The van der Waals surface area contributed by atoms with Crippen LogP contribution < -0.4 is 5.32 Å². The molecule has 0 amide bonds. The molecule has 16 heavy (non-hydrogen) atoms. The lowest BCUT2D eigenvalue weighted by Gasteiger charge is -2.09. The van der Waals surface area contributed by atoms with Gasteiger partial charge in [0.25, 0.3) is 0 Å². The SMILES string of the molecule is Cc1cnc(C(C)NCc2nccn2C)o1. The molecule has 2 heterocycles. The van der Waals surface area contributed by atoms with Gasteiger partial charge in [0.15, 0.2) is 0 Å². The van der Waals surface area contributed by atoms with Gasteiger partial charge in [0.2, 0.25) is 5.89 Å². The predicted octanol–water partition coefficient (Wildman–Crippen LogP) is 1.57. The standard InChI is InChI=1S/C11H16N4O/c1-8-6-14-11(16-8)9(2)13-7-10-12-4-5-15(10)3/h4-6,9,13H,7H2,1-3H3. The van der Waals surface area contributed by atoms with E-state index in [-0.39, 0.29) is 6.04 Å². The lowest BCUT2D eigenvalue weighted by atomic mass is 10.3. The third-order valence-corrected chi connectivity index (χ3v) is 2.50. The number of aromatic nitrogens is 3. The number of nitrogens with one attached hydrogen (secondary N) is 1. The highest BCUT2D eigenvalue weighted by molar-refractivity contribution is 4.96. The number of hydrogen-bond acceptors (Lipinski definition) is 4. The van der Waals surface area contributed by atoms with E-state index in [9.17, 15) is 0 Å². The van der Waals surface area contributed by atoms with Crippen LogP contribution in [0.1, 0.15) is 30.4 Å². The Bertz CT molecular complexity index is 460. The van der Waals surface area contributed by atoms with Crippen LogP contribution in [0.2, 0.25) is 0 Å². The van der Waals surface area contributed by atoms with Crippen molar-refractivity contribution in [1.82, 2.24) is 19.9 Å². The van der Waals surface area contributed by atoms with E-state index in [1.807, 2.05) is 31.7 Å². The summed E-state index contributed by atoms with van der Waals surface area (Å²) >= 11 is 0. The summed E-state index contributed by atoms with van der Waals surface area (Å²) in [6.45, 7) is 4.61. The first-order valence-corrected chi connectivity index (χ1v) is 5.28. The number of rotatable bonds is 4. The van der Waals surface area contributed by atoms with E-state index in [1.54, 1.807) is 12.4 Å². The summed E-state index contributed by atoms with van der Waals surface area (Å²) in [6.07, 6.45) is 5.45. The summed E-state index contributed by atoms with van der Waals surface area (Å²) in [6, 6.07) is 0.0883. The second-order valence-electron chi connectivity index (χ2n) is 3.87. The van der Waals surface area contributed by atoms with Crippen LogP contribution in [0.3, 0.4) is 0 Å². The van der Waals surface area contributed by atoms with Gasteiger partial charge in [0, 0.05) is 19.4 Å². The highest BCUT2D eigenvalue weighted by atomic mass is 16.4. The first-order chi connectivity index (χ1) is 7.66. The number of hydrogen-bond donors (Lipinski definition) is 1. The molecule has 0 bridgehead atoms. The lowest BCUT2D eigenvalue weighted by Crippen LogP contribution is -2.20. The zero-order valence-corrected chi connectivity index (χ0v) is 9.77. The molecule has 0 saturated carbocycles. The molecule has 2 rings (SSSR count). The molecule has 1 atom stereocenters. The molecule has 1 N–H and O–H groups in total. The molecule has 5 nitrogen and oxygen atoms in total. The number of aryl methyl sites for hydroxylation is 2. The minimum Gasteiger partial charge on any atom is -0.444 e. The Hall–Kier alpha value is -1.62. The second kappa shape index (κ2) is 4.49. The van der Waals surface area contributed by atoms with Crippen molar-refractivity contribution >= 4 is 0 Å². The zero-order valence-electron chi connectivity index (χ0n) is 9.77. The Morgan fingerprint density at radius 1 is 1.50 bits per heavy atom. The van der Waals surface area contributed by atoms with E-state index >= 15 is 0 Å². The van der Waals surface area contributed by atoms with Gasteiger partial charge < -0.3 is 8.98 Å². The van der Waals surface area contributed by atoms with Crippen molar-refractivity contribution in [3.63, 3.8) is 0 Å². The molecule has 5 heteroatoms. The maximum Gasteiger partial charge on any atom is 0.211 e. The first-order valence-electron chi connectivity index (χ1n) is 5.28. The normalized spacial score (nSPS) is 12.9. The quantitative estimate of drug-likeness (QED) is 0.849. The Balaban J connectivity index is 1.93. The largest absolute Gasteiger partial charge is 0.444 e. The van der Waals surface area contributed by atoms with Gasteiger partial charge in [-0.1, -0.05) is 0 Å². The van der Waals surface area contributed by atoms with E-state index in [2.05, 4.69) is 15.3 Å². The number of oxazole rings is 1. The van der Waals surface area contributed by atoms with Crippen molar-refractivity contribution in [3.8, 4) is 0 Å². The van der Waals surface area contributed by atoms with Crippen molar-refractivity contribution in [2.24, 2.45) is 7.05 Å². The van der Waals surface area contributed by atoms with Gasteiger partial charge >= 0.3 is 0 Å². The van der Waals surface area contributed by atoms with Crippen LogP contribution in [0.5, 0.6) is 0 Å². The Morgan fingerprint density at radius 3 is 2.88 bits per heavy atom. The fourth-order valence-electron chi connectivity index (χ4n) is 1.47. The fourth-order valence-corrected chi connectivity index (χ4v) is 1.47. The summed E-state index contributed by atoms with van der Waals surface area (Å²) in [4.78, 5) is 8.42. The Labute approximate surface area is 94.5 Å². The average Bonchev–Trinajstić information content (AvgIpc) is 2.84. The van der Waals surface area contributed by atoms with Crippen molar-refractivity contribution in [2.75, 3.05) is 0 Å². The highest BCUT2D eigenvalue weighted by Crippen LogP contribution is 2.12. The van der Waals surface area contributed by atoms with E-state index in [1.165, 1.54) is 0 Å². The molecule has 0 aliphatic carbocycles. The van der Waals surface area contributed by atoms with Crippen LogP contribution in [-0.2, 0) is 13.6 Å². The molecule has 86 valence electrons. The number of imidazole rings is 1. The third-order valence-electron chi connectivity index (χ3n) is 2.50. The highest BCUT2D eigenvalue weighted by Gasteiger charge is 2.11. The maximum absolute atomic E-state index is 5.44. The van der Waals surface area contributed by atoms with E-state index in [0.29, 0.717) is 12.4 Å². The van der Waals surface area contributed by atoms with Gasteiger partial charge in [-0.2, -0.15) is 0 Å². The predicted molar refractivity (Wildman–Crippen MR) is 59.7 cm³/mol. The molecule has 2 aromatic heterocycles. The summed E-state index contributed by atoms with van der Waals surface area (Å²) in [5.41, 5.74) is 0. The molecule has 2 aromatic rings. The van der Waals surface area contributed by atoms with E-state index in [0.717, 1.165) is 11.6 Å². The molecule has 0 saturated heterocycles. The summed E-state index contributed by atoms with van der Waals surface area (Å²) in [7, 11) is 1.98. The summed E-state index contributed by atoms with van der Waals surface area (Å²) in [5.74, 6) is 2.54. The Morgan fingerprint density at radius 2 is 2.31 bits per heavy atom. The van der Waals surface area contributed by atoms with Gasteiger partial charge in [-0.05, 0) is 13.8 Å². The minimum atomic E-state index is 0.0883. The monoisotopic (exact) mass is 220 g/mol. The number of nitrogens with zero attached hydrogens (tertiary/aromatic N) is 3. The van der Waals surface area contributed by atoms with Crippen LogP contribution in [0.25, 0.3) is 0 Å². The summed E-state index contributed by atoms with van der Waals surface area (Å²) in [5, 5.41) is 3.32. The van der Waals surface area contributed by atoms with Crippen molar-refractivity contribution in [1.29, 1.82) is 0 Å². The molecular weight excluding hydrogens is 204 g/mol. The third kappa shape index (κ3) is 2.30. The lowest BCUT2D eigenvalue weighted by molar-refractivity contribution is 0.398. The van der Waals surface area contributed by atoms with E-state index in [4.69, 9.17) is 4.42 Å². The first kappa shape index (κ1) is 10.9. The van der Waals surface area contributed by atoms with Crippen LogP contribution in [-0.4, -0.2) is 14.5 Å². The van der Waals surface area contributed by atoms with Gasteiger partial charge in [0.1, 0.15) is 11.6 Å². The molecule has 0 aromatic carbocycles. The van der Waals surface area contributed by atoms with Gasteiger partial charge in [-0.25, -0.2) is 9.97 Å². The molecular formula is C11H16N4O. The average molecular weight is 220 g/mol. The zero-order chi connectivity index (χ0) is 11.5. The summed E-state index contributed by atoms with van der Waals surface area (Å²) < 4.78 is 7.43. The molecule has 0 radical (unpaired) electrons. The van der Waals surface area contributed by atoms with Crippen molar-refractivity contribution in [2.45, 2.75) is 26.4 Å². The van der Waals surface area contributed by atoms with Crippen LogP contribution in [0, 0.1) is 6.92 Å². The molecule has 0 aliphatic rings. The fraction of sp³-hybridized carbons (Fsp3) is 0.455. The molecule has 0 fully saturated rings. The maximum atomic E-state index is 5.44. The van der Waals surface area contributed by atoms with Crippen LogP contribution in [0.4, 0.5) is 0 Å². The smallest absolute Gasteiger partial charge is 0.211 e. The molecule has 1 unspecified atom stereocenters. The van der Waals surface area contributed by atoms with Gasteiger partial charge in [-0.3, -0.25) is 5.32 Å². The molecule has 0 aliphatic heterocycles. The Kier molecular flexibility index (Phi) is 3.05. The minimum absolute atomic E-state index is 0.0883. The van der Waals surface area contributed by atoms with Gasteiger partial charge in [-0.15, -0.1) is 0 Å². The van der Waals surface area contributed by atoms with E-state index < -0.39 is 0 Å². The van der Waals surface area contributed by atoms with Crippen molar-refractivity contribution < 1.29 is 4.42 Å². The molecule has 0 spiro atoms. The van der Waals surface area contributed by atoms with Crippen LogP contribution >= 0.6 is 0 Å². The van der Waals surface area contributed by atoms with Crippen molar-refractivity contribution in [3.05, 3.63) is 36.1 Å². The second-order valence-corrected chi connectivity index (χ2v) is 3.87. The van der Waals surface area contributed by atoms with Gasteiger partial charge in [0.05, 0.1) is 18.8 Å². The topological polar surface area (TPSA) is 55.9 Å².